The highest BCUT2D eigenvalue weighted by Crippen LogP contribution is 2.35. The molecule has 1 aromatic carbocycles. The largest absolute Gasteiger partial charge is 0.483 e. The van der Waals surface area contributed by atoms with E-state index in [1.165, 1.54) is 5.56 Å². The molecule has 20 heavy (non-hydrogen) atoms. The van der Waals surface area contributed by atoms with Crippen molar-refractivity contribution < 1.29 is 4.74 Å². The molecule has 0 saturated heterocycles. The van der Waals surface area contributed by atoms with Gasteiger partial charge in [0.1, 0.15) is 18.7 Å². The normalized spacial score (nSPS) is 10.8. The molecule has 0 bridgehead atoms. The summed E-state index contributed by atoms with van der Waals surface area (Å²) < 4.78 is 9.50. The Balaban J connectivity index is 2.13. The minimum atomic E-state index is 0.385. The molecule has 0 radical (unpaired) electrons. The van der Waals surface area contributed by atoms with E-state index in [1.54, 1.807) is 6.33 Å². The average molecular weight is 404 g/mol. The summed E-state index contributed by atoms with van der Waals surface area (Å²) >= 11 is 7.08. The number of rotatable bonds is 6. The molecule has 1 N–H and O–H groups in total. The van der Waals surface area contributed by atoms with E-state index in [2.05, 4.69) is 47.3 Å². The molecule has 0 atom stereocenters. The van der Waals surface area contributed by atoms with Crippen LogP contribution in [-0.4, -0.2) is 21.8 Å². The Morgan fingerprint density at radius 2 is 2.00 bits per heavy atom. The molecule has 7 heteroatoms. The SMILES string of the molecule is CCn1ncnc1COc1c(Br)cc(CNC)cc1Br. The topological polar surface area (TPSA) is 52.0 Å². The molecule has 0 spiro atoms. The molecular weight excluding hydrogens is 388 g/mol. The second-order valence-electron chi connectivity index (χ2n) is 4.20. The minimum absolute atomic E-state index is 0.385. The lowest BCUT2D eigenvalue weighted by Gasteiger charge is -2.12. The third-order valence-corrected chi connectivity index (χ3v) is 3.96. The van der Waals surface area contributed by atoms with Crippen molar-refractivity contribution in [3.8, 4) is 5.75 Å². The van der Waals surface area contributed by atoms with Gasteiger partial charge in [-0.3, -0.25) is 0 Å². The summed E-state index contributed by atoms with van der Waals surface area (Å²) in [5.41, 5.74) is 1.18. The van der Waals surface area contributed by atoms with Crippen LogP contribution >= 0.6 is 31.9 Å². The molecule has 0 saturated carbocycles. The first-order valence-corrected chi connectivity index (χ1v) is 7.86. The summed E-state index contributed by atoms with van der Waals surface area (Å²) in [6.45, 7) is 4.00. The fourth-order valence-corrected chi connectivity index (χ4v) is 3.37. The second kappa shape index (κ2) is 7.19. The van der Waals surface area contributed by atoms with Crippen molar-refractivity contribution in [1.29, 1.82) is 0 Å². The molecule has 0 amide bonds. The van der Waals surface area contributed by atoms with Crippen molar-refractivity contribution in [3.63, 3.8) is 0 Å². The highest BCUT2D eigenvalue weighted by Gasteiger charge is 2.11. The van der Waals surface area contributed by atoms with E-state index >= 15 is 0 Å². The lowest BCUT2D eigenvalue weighted by atomic mass is 10.2. The Bertz CT molecular complexity index is 562. The second-order valence-corrected chi connectivity index (χ2v) is 5.91. The first kappa shape index (κ1) is 15.5. The number of halogens is 2. The number of hydrogen-bond acceptors (Lipinski definition) is 4. The van der Waals surface area contributed by atoms with Crippen molar-refractivity contribution >= 4 is 31.9 Å². The summed E-state index contributed by atoms with van der Waals surface area (Å²) in [7, 11) is 1.92. The molecule has 0 aliphatic heterocycles. The lowest BCUT2D eigenvalue weighted by molar-refractivity contribution is 0.283. The predicted octanol–water partition coefficient (Wildman–Crippen LogP) is 3.12. The van der Waals surface area contributed by atoms with E-state index in [-0.39, 0.29) is 0 Å². The van der Waals surface area contributed by atoms with Crippen LogP contribution in [-0.2, 0) is 19.7 Å². The first-order valence-electron chi connectivity index (χ1n) is 6.27. The highest BCUT2D eigenvalue weighted by atomic mass is 79.9. The van der Waals surface area contributed by atoms with E-state index in [0.29, 0.717) is 6.61 Å². The number of benzene rings is 1. The number of nitrogens with one attached hydrogen (secondary N) is 1. The van der Waals surface area contributed by atoms with Crippen LogP contribution in [0.3, 0.4) is 0 Å². The van der Waals surface area contributed by atoms with Crippen molar-refractivity contribution in [2.75, 3.05) is 7.05 Å². The summed E-state index contributed by atoms with van der Waals surface area (Å²) in [5.74, 6) is 1.58. The number of ether oxygens (including phenoxy) is 1. The van der Waals surface area contributed by atoms with Gasteiger partial charge in [0.2, 0.25) is 0 Å². The van der Waals surface area contributed by atoms with Gasteiger partial charge in [-0.05, 0) is 63.5 Å². The van der Waals surface area contributed by atoms with E-state index < -0.39 is 0 Å². The van der Waals surface area contributed by atoms with Gasteiger partial charge in [-0.1, -0.05) is 0 Å². The average Bonchev–Trinajstić information content (AvgIpc) is 2.85. The number of nitrogens with zero attached hydrogens (tertiary/aromatic N) is 3. The van der Waals surface area contributed by atoms with Crippen LogP contribution in [0, 0.1) is 0 Å². The fraction of sp³-hybridized carbons (Fsp3) is 0.385. The Kier molecular flexibility index (Phi) is 5.56. The zero-order chi connectivity index (χ0) is 14.5. The quantitative estimate of drug-likeness (QED) is 0.804. The van der Waals surface area contributed by atoms with Crippen molar-refractivity contribution in [2.24, 2.45) is 0 Å². The highest BCUT2D eigenvalue weighted by molar-refractivity contribution is 9.11. The molecule has 2 rings (SSSR count). The fourth-order valence-electron chi connectivity index (χ4n) is 1.86. The van der Waals surface area contributed by atoms with Crippen LogP contribution in [0.5, 0.6) is 5.75 Å². The Morgan fingerprint density at radius 3 is 2.60 bits per heavy atom. The van der Waals surface area contributed by atoms with Gasteiger partial charge in [0.25, 0.3) is 0 Å². The van der Waals surface area contributed by atoms with Gasteiger partial charge in [0.05, 0.1) is 8.95 Å². The molecule has 1 aromatic heterocycles. The van der Waals surface area contributed by atoms with Crippen LogP contribution in [0.2, 0.25) is 0 Å². The van der Waals surface area contributed by atoms with Gasteiger partial charge < -0.3 is 10.1 Å². The maximum Gasteiger partial charge on any atom is 0.164 e. The van der Waals surface area contributed by atoms with Crippen LogP contribution in [0.25, 0.3) is 0 Å². The first-order chi connectivity index (χ1) is 9.65. The molecule has 5 nitrogen and oxygen atoms in total. The maximum atomic E-state index is 5.85. The van der Waals surface area contributed by atoms with Gasteiger partial charge in [0.15, 0.2) is 5.82 Å². The van der Waals surface area contributed by atoms with E-state index in [0.717, 1.165) is 33.6 Å². The van der Waals surface area contributed by atoms with Gasteiger partial charge in [-0.25, -0.2) is 9.67 Å². The molecule has 0 aliphatic carbocycles. The van der Waals surface area contributed by atoms with Crippen LogP contribution in [0.1, 0.15) is 18.3 Å². The molecule has 0 aliphatic rings. The number of aryl methyl sites for hydroxylation is 1. The number of aromatic nitrogens is 3. The molecular formula is C13H16Br2N4O. The lowest BCUT2D eigenvalue weighted by Crippen LogP contribution is -2.08. The van der Waals surface area contributed by atoms with Crippen molar-refractivity contribution in [1.82, 2.24) is 20.1 Å². The van der Waals surface area contributed by atoms with Crippen molar-refractivity contribution in [3.05, 3.63) is 38.8 Å². The third-order valence-electron chi connectivity index (χ3n) is 2.78. The molecule has 0 unspecified atom stereocenters. The minimum Gasteiger partial charge on any atom is -0.483 e. The number of hydrogen-bond donors (Lipinski definition) is 1. The Hall–Kier alpha value is -0.920. The zero-order valence-electron chi connectivity index (χ0n) is 11.4. The van der Waals surface area contributed by atoms with E-state index in [4.69, 9.17) is 4.74 Å². The van der Waals surface area contributed by atoms with E-state index in [1.807, 2.05) is 30.8 Å². The smallest absolute Gasteiger partial charge is 0.164 e. The van der Waals surface area contributed by atoms with Crippen LogP contribution < -0.4 is 10.1 Å². The summed E-state index contributed by atoms with van der Waals surface area (Å²) in [6.07, 6.45) is 1.54. The van der Waals surface area contributed by atoms with Gasteiger partial charge in [0, 0.05) is 13.1 Å². The molecule has 108 valence electrons. The molecule has 0 fully saturated rings. The standard InChI is InChI=1S/C13H16Br2N4O/c1-3-19-12(17-8-18-19)7-20-13-10(14)4-9(6-16-2)5-11(13)15/h4-5,8,16H,3,6-7H2,1-2H3. The molecule has 1 heterocycles. The Labute approximate surface area is 135 Å². The van der Waals surface area contributed by atoms with Crippen LogP contribution in [0.15, 0.2) is 27.4 Å². The third kappa shape index (κ3) is 3.59. The summed E-state index contributed by atoms with van der Waals surface area (Å²) in [4.78, 5) is 4.19. The summed E-state index contributed by atoms with van der Waals surface area (Å²) in [5, 5.41) is 7.25. The summed E-state index contributed by atoms with van der Waals surface area (Å²) in [6, 6.07) is 4.09. The maximum absolute atomic E-state index is 5.85. The van der Waals surface area contributed by atoms with Gasteiger partial charge in [-0.15, -0.1) is 0 Å². The monoisotopic (exact) mass is 402 g/mol. The zero-order valence-corrected chi connectivity index (χ0v) is 14.5. The van der Waals surface area contributed by atoms with Gasteiger partial charge >= 0.3 is 0 Å². The molecule has 2 aromatic rings. The predicted molar refractivity (Wildman–Crippen MR) is 84.6 cm³/mol. The van der Waals surface area contributed by atoms with E-state index in [9.17, 15) is 0 Å². The van der Waals surface area contributed by atoms with Gasteiger partial charge in [-0.2, -0.15) is 5.10 Å². The Morgan fingerprint density at radius 1 is 1.30 bits per heavy atom. The van der Waals surface area contributed by atoms with Crippen molar-refractivity contribution in [2.45, 2.75) is 26.6 Å². The van der Waals surface area contributed by atoms with Crippen LogP contribution in [0.4, 0.5) is 0 Å².